The molecule has 2 aromatic carbocycles. The number of nitrogens with zero attached hydrogens (tertiary/aromatic N) is 2. The number of aromatic nitrogens is 1. The van der Waals surface area contributed by atoms with E-state index in [1.54, 1.807) is 12.3 Å². The molecule has 3 aromatic rings. The minimum absolute atomic E-state index is 0.135. The fourth-order valence-electron chi connectivity index (χ4n) is 3.99. The van der Waals surface area contributed by atoms with Crippen LogP contribution in [0.1, 0.15) is 17.5 Å². The van der Waals surface area contributed by atoms with E-state index >= 15 is 0 Å². The number of anilines is 1. The number of benzene rings is 2. The number of para-hydroxylation sites is 1. The standard InChI is InChI=1S/C27H31F3N7O3/c1-2-12-36(13-11-31)24(38)17-37(32)26(40)35-23(14-18-7-9-20(10-8-18)27(28,29)30)25(39)34-21-15-19-5-3-4-6-22(19)33-16-21/h3-10,15-16,23H,1-2,11-14,17,31-32H2,(H,34,39)(H,35,40)/q-1/p+2. The summed E-state index contributed by atoms with van der Waals surface area (Å²) in [5.74, 6) is 4.81. The number of nitrogens with two attached hydrogens (primary N) is 1. The highest BCUT2D eigenvalue weighted by Gasteiger charge is 2.31. The first-order valence-corrected chi connectivity index (χ1v) is 12.6. The summed E-state index contributed by atoms with van der Waals surface area (Å²) in [6, 6.07) is 11.3. The zero-order valence-electron chi connectivity index (χ0n) is 21.8. The SMILES string of the molecule is [CH2-]CCN(CC[NH3+])C(=O)CN(N)C(=O)NC(Cc1ccc(C(F)(F)F)cc1)C(=O)Nc1c[nH+]c2ccccc2c1. The van der Waals surface area contributed by atoms with Crippen molar-refractivity contribution in [2.75, 3.05) is 31.5 Å². The average molecular weight is 561 g/mol. The lowest BCUT2D eigenvalue weighted by molar-refractivity contribution is -0.368. The summed E-state index contributed by atoms with van der Waals surface area (Å²) in [5.41, 5.74) is 4.50. The maximum atomic E-state index is 13.3. The first-order valence-electron chi connectivity index (χ1n) is 12.6. The normalized spacial score (nSPS) is 12.1. The molecule has 0 saturated carbocycles. The van der Waals surface area contributed by atoms with E-state index in [1.807, 2.05) is 24.3 Å². The summed E-state index contributed by atoms with van der Waals surface area (Å²) in [4.78, 5) is 43.3. The van der Waals surface area contributed by atoms with Gasteiger partial charge in [0.2, 0.25) is 17.3 Å². The number of aromatic amines is 1. The molecule has 3 rings (SSSR count). The second kappa shape index (κ2) is 13.7. The van der Waals surface area contributed by atoms with Gasteiger partial charge in [-0.1, -0.05) is 24.3 Å². The quantitative estimate of drug-likeness (QED) is 0.121. The number of quaternary nitrogens is 1. The Morgan fingerprint density at radius 2 is 1.77 bits per heavy atom. The molecule has 13 heteroatoms. The van der Waals surface area contributed by atoms with Crippen molar-refractivity contribution in [3.63, 3.8) is 0 Å². The van der Waals surface area contributed by atoms with Crippen LogP contribution < -0.4 is 27.2 Å². The summed E-state index contributed by atoms with van der Waals surface area (Å²) in [5, 5.41) is 6.69. The molecule has 4 amide bonds. The second-order valence-corrected chi connectivity index (χ2v) is 9.08. The monoisotopic (exact) mass is 560 g/mol. The average Bonchev–Trinajstić information content (AvgIpc) is 2.92. The number of urea groups is 1. The van der Waals surface area contributed by atoms with Gasteiger partial charge in [0.25, 0.3) is 0 Å². The van der Waals surface area contributed by atoms with Crippen molar-refractivity contribution in [3.8, 4) is 0 Å². The Morgan fingerprint density at radius 3 is 2.42 bits per heavy atom. The van der Waals surface area contributed by atoms with Gasteiger partial charge in [0.05, 0.1) is 18.7 Å². The Balaban J connectivity index is 1.77. The lowest BCUT2D eigenvalue weighted by atomic mass is 10.0. The highest BCUT2D eigenvalue weighted by Crippen LogP contribution is 2.29. The third-order valence-corrected chi connectivity index (χ3v) is 6.03. The van der Waals surface area contributed by atoms with Crippen molar-refractivity contribution in [1.82, 2.24) is 15.2 Å². The molecule has 1 aromatic heterocycles. The number of alkyl halides is 3. The van der Waals surface area contributed by atoms with E-state index in [-0.39, 0.29) is 6.42 Å². The summed E-state index contributed by atoms with van der Waals surface area (Å²) in [6.45, 7) is 4.46. The van der Waals surface area contributed by atoms with Crippen LogP contribution in [-0.4, -0.2) is 60.0 Å². The summed E-state index contributed by atoms with van der Waals surface area (Å²) in [6.07, 6.45) is -2.61. The topological polar surface area (TPSA) is 150 Å². The van der Waals surface area contributed by atoms with E-state index in [9.17, 15) is 27.6 Å². The van der Waals surface area contributed by atoms with Crippen LogP contribution in [0.2, 0.25) is 0 Å². The Hall–Kier alpha value is -4.23. The number of fused-ring (bicyclic) bond motifs is 1. The van der Waals surface area contributed by atoms with Gasteiger partial charge in [-0.2, -0.15) is 19.6 Å². The molecule has 1 unspecified atom stereocenters. The van der Waals surface area contributed by atoms with Crippen LogP contribution in [0.25, 0.3) is 10.9 Å². The minimum atomic E-state index is -4.52. The van der Waals surface area contributed by atoms with Crippen molar-refractivity contribution in [3.05, 3.63) is 78.8 Å². The van der Waals surface area contributed by atoms with Gasteiger partial charge in [-0.3, -0.25) is 14.6 Å². The predicted octanol–water partition coefficient (Wildman–Crippen LogP) is 1.40. The molecule has 0 radical (unpaired) electrons. The van der Waals surface area contributed by atoms with Gasteiger partial charge in [0, 0.05) is 17.9 Å². The van der Waals surface area contributed by atoms with Gasteiger partial charge in [0.15, 0.2) is 6.20 Å². The van der Waals surface area contributed by atoms with Crippen LogP contribution in [0, 0.1) is 6.92 Å². The second-order valence-electron chi connectivity index (χ2n) is 9.08. The number of carbonyl (C=O) groups excluding carboxylic acids is 3. The van der Waals surface area contributed by atoms with Crippen LogP contribution in [0.4, 0.5) is 23.7 Å². The first kappa shape index (κ1) is 30.3. The highest BCUT2D eigenvalue weighted by atomic mass is 19.4. The number of pyridine rings is 1. The highest BCUT2D eigenvalue weighted by molar-refractivity contribution is 5.98. The van der Waals surface area contributed by atoms with Crippen LogP contribution in [0.15, 0.2) is 60.8 Å². The Labute approximate surface area is 229 Å². The number of hydrazine groups is 1. The molecule has 214 valence electrons. The largest absolute Gasteiger partial charge is 0.416 e. The number of rotatable bonds is 11. The number of hydrogen-bond donors (Lipinski definition) is 4. The number of amides is 4. The third kappa shape index (κ3) is 8.38. The lowest BCUT2D eigenvalue weighted by Gasteiger charge is -2.26. The minimum Gasteiger partial charge on any atom is -0.356 e. The summed E-state index contributed by atoms with van der Waals surface area (Å²) < 4.78 is 39.0. The molecule has 1 heterocycles. The molecule has 0 aliphatic heterocycles. The van der Waals surface area contributed by atoms with E-state index in [0.717, 1.165) is 23.0 Å². The van der Waals surface area contributed by atoms with E-state index in [0.29, 0.717) is 42.3 Å². The predicted molar refractivity (Wildman–Crippen MR) is 142 cm³/mol. The molecule has 0 spiro atoms. The fraction of sp³-hybridized carbons (Fsp3) is 0.296. The zero-order valence-corrected chi connectivity index (χ0v) is 21.8. The van der Waals surface area contributed by atoms with Crippen molar-refractivity contribution < 1.29 is 38.3 Å². The van der Waals surface area contributed by atoms with Gasteiger partial charge in [-0.15, -0.1) is 0 Å². The number of halogens is 3. The van der Waals surface area contributed by atoms with Gasteiger partial charge >= 0.3 is 12.2 Å². The summed E-state index contributed by atoms with van der Waals surface area (Å²) in [7, 11) is 0. The van der Waals surface area contributed by atoms with E-state index in [2.05, 4.69) is 28.3 Å². The van der Waals surface area contributed by atoms with Gasteiger partial charge in [0.1, 0.15) is 18.3 Å². The fourth-order valence-corrected chi connectivity index (χ4v) is 3.99. The van der Waals surface area contributed by atoms with E-state index < -0.39 is 42.2 Å². The van der Waals surface area contributed by atoms with Crippen LogP contribution in [-0.2, 0) is 22.2 Å². The number of hydrogen-bond acceptors (Lipinski definition) is 4. The van der Waals surface area contributed by atoms with Gasteiger partial charge in [-0.05, 0) is 36.4 Å². The first-order chi connectivity index (χ1) is 19.0. The van der Waals surface area contributed by atoms with E-state index in [4.69, 9.17) is 5.84 Å². The molecule has 0 saturated heterocycles. The summed E-state index contributed by atoms with van der Waals surface area (Å²) >= 11 is 0. The molecule has 0 bridgehead atoms. The van der Waals surface area contributed by atoms with Crippen LogP contribution >= 0.6 is 0 Å². The number of carbonyl (C=O) groups is 3. The van der Waals surface area contributed by atoms with Gasteiger partial charge in [-0.25, -0.2) is 15.6 Å². The number of H-pyrrole nitrogens is 1. The zero-order chi connectivity index (χ0) is 29.3. The maximum Gasteiger partial charge on any atom is 0.416 e. The Bertz CT molecular complexity index is 1310. The van der Waals surface area contributed by atoms with Crippen molar-refractivity contribution in [2.45, 2.75) is 25.1 Å². The smallest absolute Gasteiger partial charge is 0.356 e. The van der Waals surface area contributed by atoms with Gasteiger partial charge < -0.3 is 28.2 Å². The van der Waals surface area contributed by atoms with Crippen molar-refractivity contribution in [2.24, 2.45) is 5.84 Å². The van der Waals surface area contributed by atoms with Crippen LogP contribution in [0.3, 0.4) is 0 Å². The van der Waals surface area contributed by atoms with Crippen molar-refractivity contribution in [1.29, 1.82) is 0 Å². The molecule has 0 fully saturated rings. The lowest BCUT2D eigenvalue weighted by Crippen LogP contribution is -2.58. The molecule has 40 heavy (non-hydrogen) atoms. The molecule has 8 N–H and O–H groups in total. The molecular weight excluding hydrogens is 527 g/mol. The molecule has 1 atom stereocenters. The Kier molecular flexibility index (Phi) is 10.4. The van der Waals surface area contributed by atoms with Crippen LogP contribution in [0.5, 0.6) is 0 Å². The molecule has 0 aliphatic carbocycles. The maximum absolute atomic E-state index is 13.3. The molecule has 10 nitrogen and oxygen atoms in total. The third-order valence-electron chi connectivity index (χ3n) is 6.03. The Morgan fingerprint density at radius 1 is 1.07 bits per heavy atom. The van der Waals surface area contributed by atoms with E-state index in [1.165, 1.54) is 17.0 Å². The molecular formula is C27H33F3N7O3+. The molecule has 0 aliphatic rings. The van der Waals surface area contributed by atoms with Crippen molar-refractivity contribution >= 4 is 34.4 Å². The number of nitrogens with one attached hydrogen (secondary N) is 3.